The van der Waals surface area contributed by atoms with Crippen LogP contribution in [-0.2, 0) is 26.9 Å². The van der Waals surface area contributed by atoms with Gasteiger partial charge in [-0.25, -0.2) is 36.3 Å². The van der Waals surface area contributed by atoms with Crippen LogP contribution in [0.3, 0.4) is 0 Å². The Kier molecular flexibility index (Phi) is 7.87. The van der Waals surface area contributed by atoms with E-state index in [4.69, 9.17) is 10.5 Å². The number of hydrogen-bond donors (Lipinski definition) is 3. The number of carboxylic acid groups (broad SMARTS) is 1. The number of nitrogen functional groups attached to an aromatic ring is 1. The zero-order chi connectivity index (χ0) is 29.5. The van der Waals surface area contributed by atoms with E-state index in [9.17, 15) is 31.9 Å². The van der Waals surface area contributed by atoms with Gasteiger partial charge in [0.2, 0.25) is 16.8 Å². The Morgan fingerprint density at radius 3 is 2.78 bits per heavy atom. The smallest absolute Gasteiger partial charge is 0.326 e. The second kappa shape index (κ2) is 11.2. The minimum Gasteiger partial charge on any atom is -0.494 e. The Hall–Kier alpha value is -3.79. The zero-order valence-corrected chi connectivity index (χ0v) is 23.6. The second-order valence-corrected chi connectivity index (χ2v) is 11.7. The summed E-state index contributed by atoms with van der Waals surface area (Å²) in [6.07, 6.45) is 2.37. The van der Waals surface area contributed by atoms with Gasteiger partial charge in [-0.2, -0.15) is 0 Å². The minimum absolute atomic E-state index is 0.00142. The predicted molar refractivity (Wildman–Crippen MR) is 149 cm³/mol. The number of alkyl halides is 2. The first kappa shape index (κ1) is 28.7. The maximum Gasteiger partial charge on any atom is 0.326 e. The molecule has 0 unspecified atom stereocenters. The van der Waals surface area contributed by atoms with Crippen molar-refractivity contribution in [2.24, 2.45) is 0 Å². The summed E-state index contributed by atoms with van der Waals surface area (Å²) >= 11 is 0.889. The number of halogens is 2. The Labute approximate surface area is 239 Å². The van der Waals surface area contributed by atoms with E-state index in [0.29, 0.717) is 29.1 Å². The summed E-state index contributed by atoms with van der Waals surface area (Å²) < 4.78 is 58.7. The average molecular weight is 611 g/mol. The summed E-state index contributed by atoms with van der Waals surface area (Å²) in [5.41, 5.74) is 6.53. The highest BCUT2D eigenvalue weighted by Gasteiger charge is 2.44. The number of carbonyl (C=O) groups excluding carboxylic acids is 1. The molecule has 1 amide bonds. The third-order valence-electron chi connectivity index (χ3n) is 7.18. The molecule has 2 atom stereocenters. The van der Waals surface area contributed by atoms with Gasteiger partial charge in [0.1, 0.15) is 28.7 Å². The van der Waals surface area contributed by atoms with Crippen molar-refractivity contribution in [3.05, 3.63) is 36.2 Å². The van der Waals surface area contributed by atoms with Crippen molar-refractivity contribution >= 4 is 60.8 Å². The van der Waals surface area contributed by atoms with Gasteiger partial charge >= 0.3 is 5.97 Å². The number of thiol groups is 1. The van der Waals surface area contributed by atoms with Crippen molar-refractivity contribution in [3.63, 3.8) is 0 Å². The number of ether oxygens (including phenoxy) is 1. The molecular weight excluding hydrogens is 582 g/mol. The molecule has 0 radical (unpaired) electrons. The van der Waals surface area contributed by atoms with Gasteiger partial charge in [-0.15, -0.1) is 0 Å². The number of carbonyl (C=O) groups is 2. The van der Waals surface area contributed by atoms with E-state index < -0.39 is 47.3 Å². The maximum atomic E-state index is 13.7. The number of nitrogens with two attached hydrogens (primary N) is 1. The fourth-order valence-electron chi connectivity index (χ4n) is 5.24. The van der Waals surface area contributed by atoms with Crippen molar-refractivity contribution in [3.8, 4) is 5.75 Å². The number of aromatic nitrogens is 2. The van der Waals surface area contributed by atoms with Crippen molar-refractivity contribution in [2.75, 3.05) is 41.2 Å². The molecule has 4 heterocycles. The molecule has 3 N–H and O–H groups in total. The summed E-state index contributed by atoms with van der Waals surface area (Å²) in [5, 5.41) is 11.8. The van der Waals surface area contributed by atoms with E-state index in [1.54, 1.807) is 25.1 Å². The van der Waals surface area contributed by atoms with Crippen LogP contribution < -0.4 is 19.7 Å². The highest BCUT2D eigenvalue weighted by Crippen LogP contribution is 2.38. The van der Waals surface area contributed by atoms with Crippen LogP contribution in [0.5, 0.6) is 5.75 Å². The van der Waals surface area contributed by atoms with E-state index in [2.05, 4.69) is 9.97 Å². The van der Waals surface area contributed by atoms with Crippen LogP contribution in [0.25, 0.3) is 10.8 Å². The van der Waals surface area contributed by atoms with Crippen LogP contribution in [0.1, 0.15) is 25.3 Å². The van der Waals surface area contributed by atoms with E-state index in [1.165, 1.54) is 17.3 Å². The van der Waals surface area contributed by atoms with Gasteiger partial charge in [-0.3, -0.25) is 4.79 Å². The molecule has 5 rings (SSSR count). The predicted octanol–water partition coefficient (Wildman–Crippen LogP) is 2.15. The van der Waals surface area contributed by atoms with Gasteiger partial charge in [0.05, 0.1) is 19.3 Å². The monoisotopic (exact) mass is 610 g/mol. The lowest BCUT2D eigenvalue weighted by atomic mass is 10.00. The number of pyridine rings is 1. The minimum atomic E-state index is -3.33. The second-order valence-electron chi connectivity index (χ2n) is 9.80. The largest absolute Gasteiger partial charge is 0.494 e. The molecule has 12 nitrogen and oxygen atoms in total. The molecule has 0 saturated carbocycles. The molecule has 0 bridgehead atoms. The number of amides is 1. The topological polar surface area (TPSA) is 159 Å². The Morgan fingerprint density at radius 1 is 1.34 bits per heavy atom. The molecule has 220 valence electrons. The first-order chi connectivity index (χ1) is 19.5. The van der Waals surface area contributed by atoms with Crippen molar-refractivity contribution in [1.82, 2.24) is 14.9 Å². The van der Waals surface area contributed by atoms with Gasteiger partial charge < -0.3 is 25.4 Å². The Balaban J connectivity index is 1.40. The lowest BCUT2D eigenvalue weighted by molar-refractivity contribution is -0.148. The van der Waals surface area contributed by atoms with Crippen LogP contribution >= 0.6 is 11.3 Å². The standard InChI is InChI=1S/C25H28F2N6O6S2/c1-2-39-19-11-16-14(3-6-29-21(16)28)9-15(19)10-18(23(35)36)32-7-4-17(22(32)34)33(41(37)38)20-12-30-24(40-20)31-8-5-25(26,27)13-31/h3,6,9,11-12,17-18,41H,2,4-5,7-8,10,13H2,1H3,(H2,28,29)(H,35,36)/t17-,18+/m0/s1. The van der Waals surface area contributed by atoms with E-state index in [0.717, 1.165) is 25.9 Å². The summed E-state index contributed by atoms with van der Waals surface area (Å²) in [4.78, 5) is 36.7. The number of benzene rings is 1. The number of likely N-dealkylation sites (tertiary alicyclic amines) is 1. The SMILES string of the molecule is CCOc1cc2c(N)nccc2cc1C[C@H](C(=O)O)N1CC[C@H](N(c2cnc(N3CCC(F)(F)C3)s2)[SH](=O)=O)C1=O. The normalized spacial score (nSPS) is 19.3. The molecule has 2 aliphatic rings. The number of anilines is 3. The number of hydrogen-bond acceptors (Lipinski definition) is 10. The molecule has 0 aliphatic carbocycles. The number of rotatable bonds is 10. The van der Waals surface area contributed by atoms with Crippen LogP contribution in [0.2, 0.25) is 0 Å². The number of carboxylic acids is 1. The Morgan fingerprint density at radius 2 is 2.12 bits per heavy atom. The number of nitrogens with zero attached hydrogens (tertiary/aromatic N) is 5. The third kappa shape index (κ3) is 5.70. The quantitative estimate of drug-likeness (QED) is 0.290. The van der Waals surface area contributed by atoms with Gasteiger partial charge in [-0.05, 0) is 42.5 Å². The zero-order valence-electron chi connectivity index (χ0n) is 21.9. The lowest BCUT2D eigenvalue weighted by Crippen LogP contribution is -2.48. The van der Waals surface area contributed by atoms with Crippen LogP contribution in [0.4, 0.5) is 24.7 Å². The number of thiazole rings is 1. The van der Waals surface area contributed by atoms with Crippen LogP contribution in [0.15, 0.2) is 30.6 Å². The van der Waals surface area contributed by atoms with Gasteiger partial charge in [0, 0.05) is 37.5 Å². The summed E-state index contributed by atoms with van der Waals surface area (Å²) in [7, 11) is -3.33. The molecule has 41 heavy (non-hydrogen) atoms. The van der Waals surface area contributed by atoms with E-state index >= 15 is 0 Å². The fraction of sp³-hybridized carbons (Fsp3) is 0.440. The highest BCUT2D eigenvalue weighted by atomic mass is 32.2. The number of aliphatic carboxylic acids is 1. The summed E-state index contributed by atoms with van der Waals surface area (Å²) in [6, 6.07) is 2.66. The van der Waals surface area contributed by atoms with Crippen LogP contribution in [-0.4, -0.2) is 84.5 Å². The molecule has 2 aliphatic heterocycles. The first-order valence-corrected chi connectivity index (χ1v) is 14.8. The molecule has 1 aromatic carbocycles. The highest BCUT2D eigenvalue weighted by molar-refractivity contribution is 7.74. The van der Waals surface area contributed by atoms with E-state index in [-0.39, 0.29) is 42.5 Å². The fourth-order valence-corrected chi connectivity index (χ4v) is 7.12. The maximum absolute atomic E-state index is 13.7. The molecule has 2 aromatic heterocycles. The molecule has 3 aromatic rings. The lowest BCUT2D eigenvalue weighted by Gasteiger charge is -2.27. The molecule has 2 saturated heterocycles. The van der Waals surface area contributed by atoms with Crippen molar-refractivity contribution < 1.29 is 36.6 Å². The van der Waals surface area contributed by atoms with Crippen molar-refractivity contribution in [1.29, 1.82) is 0 Å². The third-order valence-corrected chi connectivity index (χ3v) is 9.22. The van der Waals surface area contributed by atoms with Crippen LogP contribution in [0, 0.1) is 0 Å². The molecule has 2 fully saturated rings. The van der Waals surface area contributed by atoms with Gasteiger partial charge in [0.15, 0.2) is 5.13 Å². The van der Waals surface area contributed by atoms with Gasteiger partial charge in [0.25, 0.3) is 5.92 Å². The Bertz CT molecular complexity index is 1560. The molecule has 16 heteroatoms. The summed E-state index contributed by atoms with van der Waals surface area (Å²) in [6.45, 7) is 1.63. The van der Waals surface area contributed by atoms with Gasteiger partial charge in [-0.1, -0.05) is 11.3 Å². The van der Waals surface area contributed by atoms with E-state index in [1.807, 2.05) is 0 Å². The molecule has 0 spiro atoms. The average Bonchev–Trinajstić information content (AvgIpc) is 3.63. The molecular formula is C25H28F2N6O6S2. The van der Waals surface area contributed by atoms with Crippen molar-refractivity contribution in [2.45, 2.75) is 44.2 Å². The summed E-state index contributed by atoms with van der Waals surface area (Å²) in [5.74, 6) is -4.10. The first-order valence-electron chi connectivity index (χ1n) is 12.8. The number of fused-ring (bicyclic) bond motifs is 1.